The van der Waals surface area contributed by atoms with Gasteiger partial charge in [0.2, 0.25) is 0 Å². The Kier molecular flexibility index (Phi) is 7.43. The highest BCUT2D eigenvalue weighted by molar-refractivity contribution is 7.80. The van der Waals surface area contributed by atoms with Crippen LogP contribution in [-0.4, -0.2) is 55.4 Å². The summed E-state index contributed by atoms with van der Waals surface area (Å²) in [7, 11) is 0. The average molecular weight is 260 g/mol. The topological polar surface area (TPSA) is 48.6 Å². The van der Waals surface area contributed by atoms with E-state index in [2.05, 4.69) is 34.9 Å². The van der Waals surface area contributed by atoms with E-state index in [4.69, 9.17) is 17.0 Å². The Morgan fingerprint density at radius 1 is 1.35 bits per heavy atom. The third kappa shape index (κ3) is 7.49. The van der Waals surface area contributed by atoms with Crippen LogP contribution in [0.2, 0.25) is 0 Å². The summed E-state index contributed by atoms with van der Waals surface area (Å²) in [6.07, 6.45) is 1.10. The summed E-state index contributed by atoms with van der Waals surface area (Å²) in [6.45, 7) is 9.98. The van der Waals surface area contributed by atoms with Crippen molar-refractivity contribution in [1.82, 2.24) is 21.1 Å². The maximum absolute atomic E-state index is 5.30. The molecule has 0 amide bonds. The molecule has 0 saturated carbocycles. The van der Waals surface area contributed by atoms with Crippen molar-refractivity contribution in [2.45, 2.75) is 26.3 Å². The van der Waals surface area contributed by atoms with Gasteiger partial charge in [0, 0.05) is 25.7 Å². The van der Waals surface area contributed by atoms with Gasteiger partial charge in [-0.15, -0.1) is 0 Å². The van der Waals surface area contributed by atoms with E-state index in [1.807, 2.05) is 0 Å². The smallest absolute Gasteiger partial charge is 0.180 e. The van der Waals surface area contributed by atoms with Gasteiger partial charge in [0.25, 0.3) is 0 Å². The largest absolute Gasteiger partial charge is 0.379 e. The molecular weight excluding hydrogens is 236 g/mol. The maximum Gasteiger partial charge on any atom is 0.180 e. The fourth-order valence-electron chi connectivity index (χ4n) is 1.58. The SMILES string of the molecule is CC(C)NNC(=S)NCCCN1CCOCC1. The second kappa shape index (κ2) is 8.63. The Morgan fingerprint density at radius 3 is 2.71 bits per heavy atom. The quantitative estimate of drug-likeness (QED) is 0.357. The lowest BCUT2D eigenvalue weighted by atomic mass is 10.3. The molecule has 0 aliphatic carbocycles. The predicted octanol–water partition coefficient (Wildman–Crippen LogP) is 0.0858. The first-order valence-corrected chi connectivity index (χ1v) is 6.69. The van der Waals surface area contributed by atoms with E-state index in [1.165, 1.54) is 0 Å². The standard InChI is InChI=1S/C11H24N4OS/c1-10(2)13-14-11(17)12-4-3-5-15-6-8-16-9-7-15/h10,13H,3-9H2,1-2H3,(H2,12,14,17). The first kappa shape index (κ1) is 14.6. The van der Waals surface area contributed by atoms with Crippen LogP contribution in [0, 0.1) is 0 Å². The van der Waals surface area contributed by atoms with Crippen molar-refractivity contribution in [1.29, 1.82) is 0 Å². The summed E-state index contributed by atoms with van der Waals surface area (Å²) < 4.78 is 5.30. The molecule has 1 rings (SSSR count). The van der Waals surface area contributed by atoms with E-state index in [1.54, 1.807) is 0 Å². The minimum Gasteiger partial charge on any atom is -0.379 e. The highest BCUT2D eigenvalue weighted by Gasteiger charge is 2.08. The molecule has 5 nitrogen and oxygen atoms in total. The predicted molar refractivity (Wildman–Crippen MR) is 73.9 cm³/mol. The Hall–Kier alpha value is -0.430. The van der Waals surface area contributed by atoms with Crippen LogP contribution in [0.5, 0.6) is 0 Å². The molecule has 1 saturated heterocycles. The van der Waals surface area contributed by atoms with Gasteiger partial charge in [0.1, 0.15) is 0 Å². The van der Waals surface area contributed by atoms with Crippen molar-refractivity contribution in [3.8, 4) is 0 Å². The molecule has 3 N–H and O–H groups in total. The molecule has 1 aliphatic heterocycles. The lowest BCUT2D eigenvalue weighted by molar-refractivity contribution is 0.0376. The van der Waals surface area contributed by atoms with Crippen LogP contribution < -0.4 is 16.2 Å². The number of morpholine rings is 1. The Balaban J connectivity index is 1.94. The summed E-state index contributed by atoms with van der Waals surface area (Å²) in [5, 5.41) is 3.84. The zero-order valence-corrected chi connectivity index (χ0v) is 11.6. The van der Waals surface area contributed by atoms with Crippen molar-refractivity contribution < 1.29 is 4.74 Å². The second-order valence-corrected chi connectivity index (χ2v) is 4.90. The zero-order valence-electron chi connectivity index (χ0n) is 10.8. The lowest BCUT2D eigenvalue weighted by Gasteiger charge is -2.26. The number of hydrogen-bond acceptors (Lipinski definition) is 4. The zero-order chi connectivity index (χ0) is 12.5. The third-order valence-corrected chi connectivity index (χ3v) is 2.76. The molecule has 17 heavy (non-hydrogen) atoms. The molecule has 0 aromatic heterocycles. The first-order chi connectivity index (χ1) is 8.18. The molecule has 0 aromatic carbocycles. The number of hydrogen-bond donors (Lipinski definition) is 3. The summed E-state index contributed by atoms with van der Waals surface area (Å²) >= 11 is 5.12. The molecule has 1 fully saturated rings. The van der Waals surface area contributed by atoms with Gasteiger partial charge in [0.15, 0.2) is 5.11 Å². The minimum absolute atomic E-state index is 0.378. The van der Waals surface area contributed by atoms with Gasteiger partial charge in [-0.05, 0) is 39.0 Å². The van der Waals surface area contributed by atoms with E-state index >= 15 is 0 Å². The van der Waals surface area contributed by atoms with Crippen LogP contribution in [0.25, 0.3) is 0 Å². The Bertz CT molecular complexity index is 220. The van der Waals surface area contributed by atoms with E-state index < -0.39 is 0 Å². The third-order valence-electron chi connectivity index (χ3n) is 2.51. The van der Waals surface area contributed by atoms with Crippen LogP contribution in [0.1, 0.15) is 20.3 Å². The van der Waals surface area contributed by atoms with E-state index in [0.717, 1.165) is 45.8 Å². The molecule has 6 heteroatoms. The van der Waals surface area contributed by atoms with Crippen LogP contribution in [0.3, 0.4) is 0 Å². The van der Waals surface area contributed by atoms with Gasteiger partial charge < -0.3 is 10.1 Å². The van der Waals surface area contributed by atoms with Crippen molar-refractivity contribution in [3.05, 3.63) is 0 Å². The lowest BCUT2D eigenvalue weighted by Crippen LogP contribution is -2.47. The summed E-state index contributed by atoms with van der Waals surface area (Å²) in [5.74, 6) is 0. The van der Waals surface area contributed by atoms with Gasteiger partial charge in [-0.25, -0.2) is 5.43 Å². The van der Waals surface area contributed by atoms with E-state index in [9.17, 15) is 0 Å². The van der Waals surface area contributed by atoms with Crippen molar-refractivity contribution in [3.63, 3.8) is 0 Å². The average Bonchev–Trinajstić information content (AvgIpc) is 2.33. The van der Waals surface area contributed by atoms with E-state index in [-0.39, 0.29) is 0 Å². The number of nitrogens with zero attached hydrogens (tertiary/aromatic N) is 1. The highest BCUT2D eigenvalue weighted by Crippen LogP contribution is 1.97. The van der Waals surface area contributed by atoms with Crippen LogP contribution in [0.15, 0.2) is 0 Å². The molecular formula is C11H24N4OS. The van der Waals surface area contributed by atoms with Crippen LogP contribution >= 0.6 is 12.2 Å². The summed E-state index contributed by atoms with van der Waals surface area (Å²) in [6, 6.07) is 0.378. The number of thiocarbonyl (C=S) groups is 1. The number of rotatable bonds is 6. The van der Waals surface area contributed by atoms with Gasteiger partial charge in [0.05, 0.1) is 13.2 Å². The van der Waals surface area contributed by atoms with Crippen molar-refractivity contribution in [2.24, 2.45) is 0 Å². The highest BCUT2D eigenvalue weighted by atomic mass is 32.1. The van der Waals surface area contributed by atoms with Gasteiger partial charge >= 0.3 is 0 Å². The fraction of sp³-hybridized carbons (Fsp3) is 0.909. The van der Waals surface area contributed by atoms with Crippen LogP contribution in [0.4, 0.5) is 0 Å². The van der Waals surface area contributed by atoms with E-state index in [0.29, 0.717) is 11.2 Å². The number of hydrazine groups is 1. The van der Waals surface area contributed by atoms with Gasteiger partial charge in [-0.2, -0.15) is 0 Å². The van der Waals surface area contributed by atoms with Gasteiger partial charge in [-0.1, -0.05) is 0 Å². The maximum atomic E-state index is 5.30. The van der Waals surface area contributed by atoms with Crippen LogP contribution in [-0.2, 0) is 4.74 Å². The Labute approximate surface area is 109 Å². The summed E-state index contributed by atoms with van der Waals surface area (Å²) in [5.41, 5.74) is 6.01. The number of nitrogens with one attached hydrogen (secondary N) is 3. The molecule has 0 spiro atoms. The molecule has 0 aromatic rings. The van der Waals surface area contributed by atoms with Crippen molar-refractivity contribution >= 4 is 17.3 Å². The molecule has 0 atom stereocenters. The monoisotopic (exact) mass is 260 g/mol. The fourth-order valence-corrected chi connectivity index (χ4v) is 1.74. The molecule has 0 bridgehead atoms. The summed E-state index contributed by atoms with van der Waals surface area (Å²) in [4.78, 5) is 2.42. The second-order valence-electron chi connectivity index (χ2n) is 4.49. The minimum atomic E-state index is 0.378. The molecule has 100 valence electrons. The first-order valence-electron chi connectivity index (χ1n) is 6.28. The molecule has 0 radical (unpaired) electrons. The normalized spacial score (nSPS) is 17.1. The molecule has 0 unspecified atom stereocenters. The Morgan fingerprint density at radius 2 is 2.06 bits per heavy atom. The van der Waals surface area contributed by atoms with Gasteiger partial charge in [-0.3, -0.25) is 10.3 Å². The number of ether oxygens (including phenoxy) is 1. The van der Waals surface area contributed by atoms with Crippen molar-refractivity contribution in [2.75, 3.05) is 39.4 Å². The molecule has 1 aliphatic rings. The molecule has 1 heterocycles.